The van der Waals surface area contributed by atoms with Crippen molar-refractivity contribution in [1.29, 1.82) is 0 Å². The number of phenolic OH excluding ortho intramolecular Hbond substituents is 1. The SMILES string of the molecule is O=C1C=Cc2c([C@@H](O)CCCc3ccc4c(c3)nnn4CCCN3CCC4(CC3)CC(OC(=O)C(O)(c3cccs3)c3cccs3)C4)ccc(O)c2C1. The van der Waals surface area contributed by atoms with Crippen molar-refractivity contribution >= 4 is 51.5 Å². The highest BCUT2D eigenvalue weighted by molar-refractivity contribution is 7.12. The van der Waals surface area contributed by atoms with E-state index in [9.17, 15) is 24.9 Å². The number of phenols is 1. The average Bonchev–Trinajstić information content (AvgIpc) is 3.96. The Morgan fingerprint density at radius 2 is 1.75 bits per heavy atom. The number of thiophene rings is 2. The number of hydrogen-bond donors (Lipinski definition) is 3. The van der Waals surface area contributed by atoms with E-state index in [1.807, 2.05) is 27.6 Å². The fraction of sp³-hybridized carbons (Fsp3) is 0.415. The van der Waals surface area contributed by atoms with Gasteiger partial charge in [-0.05, 0) is 140 Å². The molecule has 3 aromatic heterocycles. The van der Waals surface area contributed by atoms with Crippen LogP contribution in [0.4, 0.5) is 0 Å². The molecule has 53 heavy (non-hydrogen) atoms. The number of allylic oxidation sites excluding steroid dienone is 1. The zero-order chi connectivity index (χ0) is 36.6. The Morgan fingerprint density at radius 1 is 1.00 bits per heavy atom. The van der Waals surface area contributed by atoms with Gasteiger partial charge in [0.15, 0.2) is 5.78 Å². The number of ether oxygens (including phenoxy) is 1. The number of benzene rings is 2. The Hall–Kier alpha value is -4.20. The summed E-state index contributed by atoms with van der Waals surface area (Å²) in [4.78, 5) is 28.9. The molecule has 0 bridgehead atoms. The second kappa shape index (κ2) is 14.9. The van der Waals surface area contributed by atoms with Crippen molar-refractivity contribution in [3.05, 3.63) is 103 Å². The number of carbonyl (C=O) groups excluding carboxylic acids is 2. The van der Waals surface area contributed by atoms with Crippen LogP contribution >= 0.6 is 22.7 Å². The maximum atomic E-state index is 13.4. The van der Waals surface area contributed by atoms with E-state index < -0.39 is 17.7 Å². The average molecular weight is 753 g/mol. The van der Waals surface area contributed by atoms with Crippen LogP contribution in [0.15, 0.2) is 71.4 Å². The third kappa shape index (κ3) is 7.23. The van der Waals surface area contributed by atoms with E-state index in [1.165, 1.54) is 28.7 Å². The van der Waals surface area contributed by atoms with Crippen LogP contribution in [-0.2, 0) is 39.3 Å². The quantitative estimate of drug-likeness (QED) is 0.114. The molecule has 5 aromatic rings. The fourth-order valence-electron chi connectivity index (χ4n) is 8.37. The number of aliphatic hydroxyl groups excluding tert-OH is 1. The van der Waals surface area contributed by atoms with Crippen molar-refractivity contribution in [1.82, 2.24) is 19.9 Å². The van der Waals surface area contributed by atoms with Crippen LogP contribution in [0, 0.1) is 5.41 Å². The number of rotatable bonds is 13. The molecule has 3 N–H and O–H groups in total. The number of piperidine rings is 1. The highest BCUT2D eigenvalue weighted by Gasteiger charge is 2.51. The third-order valence-corrected chi connectivity index (χ3v) is 13.4. The molecule has 2 aromatic carbocycles. The molecule has 10 nitrogen and oxygen atoms in total. The fourth-order valence-corrected chi connectivity index (χ4v) is 10.1. The lowest BCUT2D eigenvalue weighted by Gasteiger charge is -2.51. The first kappa shape index (κ1) is 35.8. The van der Waals surface area contributed by atoms with Gasteiger partial charge < -0.3 is 25.0 Å². The van der Waals surface area contributed by atoms with Crippen LogP contribution in [0.5, 0.6) is 5.75 Å². The Labute approximate surface area is 316 Å². The van der Waals surface area contributed by atoms with E-state index in [1.54, 1.807) is 30.3 Å². The molecule has 8 rings (SSSR count). The zero-order valence-electron chi connectivity index (χ0n) is 29.5. The molecule has 12 heteroatoms. The molecule has 0 radical (unpaired) electrons. The number of nitrogens with zero attached hydrogens (tertiary/aromatic N) is 4. The summed E-state index contributed by atoms with van der Waals surface area (Å²) in [5.74, 6) is -0.531. The van der Waals surface area contributed by atoms with Crippen LogP contribution in [0.1, 0.15) is 83.1 Å². The Kier molecular flexibility index (Phi) is 10.1. The van der Waals surface area contributed by atoms with Crippen LogP contribution < -0.4 is 0 Å². The Bertz CT molecular complexity index is 2070. The Balaban J connectivity index is 0.772. The summed E-state index contributed by atoms with van der Waals surface area (Å²) in [6, 6.07) is 16.9. The number of aromatic hydroxyl groups is 1. The number of carbonyl (C=O) groups is 2. The highest BCUT2D eigenvalue weighted by atomic mass is 32.1. The van der Waals surface area contributed by atoms with Crippen molar-refractivity contribution in [2.45, 2.75) is 82.1 Å². The largest absolute Gasteiger partial charge is 0.508 e. The summed E-state index contributed by atoms with van der Waals surface area (Å²) in [5.41, 5.74) is 3.58. The number of ketones is 1. The van der Waals surface area contributed by atoms with Gasteiger partial charge in [0.25, 0.3) is 0 Å². The minimum Gasteiger partial charge on any atom is -0.508 e. The minimum absolute atomic E-state index is 0.0509. The standard InChI is InChI=1S/C41H44N4O6S2/c46-28-10-11-30-31(12-14-36(48)32(30)24-28)35(47)6-1-5-27-9-13-34-33(23-27)42-43-45(34)18-4-17-44-19-15-40(16-20-44)25-29(26-40)51-39(49)41(50,37-7-2-21-52-37)38-8-3-22-53-38/h2-3,7-14,21-23,29,35,47-48,50H,1,4-6,15-20,24-26H2/t35-/m0/s1. The molecule has 1 saturated heterocycles. The van der Waals surface area contributed by atoms with Gasteiger partial charge in [0.2, 0.25) is 5.60 Å². The van der Waals surface area contributed by atoms with Crippen molar-refractivity contribution in [3.63, 3.8) is 0 Å². The van der Waals surface area contributed by atoms with Gasteiger partial charge in [0.05, 0.1) is 21.4 Å². The predicted molar refractivity (Wildman–Crippen MR) is 205 cm³/mol. The number of likely N-dealkylation sites (tertiary alicyclic amines) is 1. The molecule has 2 aliphatic carbocycles. The molecular formula is C41H44N4O6S2. The topological polar surface area (TPSA) is 138 Å². The van der Waals surface area contributed by atoms with E-state index in [2.05, 4.69) is 33.4 Å². The van der Waals surface area contributed by atoms with Crippen LogP contribution in [0.3, 0.4) is 0 Å². The highest BCUT2D eigenvalue weighted by Crippen LogP contribution is 2.51. The molecule has 1 saturated carbocycles. The second-order valence-electron chi connectivity index (χ2n) is 14.9. The summed E-state index contributed by atoms with van der Waals surface area (Å²) >= 11 is 2.73. The van der Waals surface area contributed by atoms with Gasteiger partial charge in [-0.25, -0.2) is 9.48 Å². The van der Waals surface area contributed by atoms with Crippen molar-refractivity contribution in [2.24, 2.45) is 5.41 Å². The summed E-state index contributed by atoms with van der Waals surface area (Å²) in [6.07, 6.45) is 9.50. The minimum atomic E-state index is -1.75. The first-order chi connectivity index (χ1) is 25.7. The normalized spacial score (nSPS) is 18.0. The number of esters is 1. The summed E-state index contributed by atoms with van der Waals surface area (Å²) in [5, 5.41) is 45.4. The van der Waals surface area contributed by atoms with Crippen LogP contribution in [-0.4, -0.2) is 72.7 Å². The first-order valence-electron chi connectivity index (χ1n) is 18.5. The van der Waals surface area contributed by atoms with E-state index in [0.29, 0.717) is 21.7 Å². The van der Waals surface area contributed by atoms with Crippen molar-refractivity contribution < 1.29 is 29.6 Å². The van der Waals surface area contributed by atoms with Crippen molar-refractivity contribution in [2.75, 3.05) is 19.6 Å². The number of aryl methyl sites for hydroxylation is 2. The molecule has 0 unspecified atom stereocenters. The molecular weight excluding hydrogens is 709 g/mol. The summed E-state index contributed by atoms with van der Waals surface area (Å²) in [7, 11) is 0. The summed E-state index contributed by atoms with van der Waals surface area (Å²) in [6.45, 7) is 3.82. The Morgan fingerprint density at radius 3 is 2.47 bits per heavy atom. The van der Waals surface area contributed by atoms with Gasteiger partial charge in [-0.1, -0.05) is 35.6 Å². The van der Waals surface area contributed by atoms with Gasteiger partial charge in [0.1, 0.15) is 17.4 Å². The predicted octanol–water partition coefficient (Wildman–Crippen LogP) is 6.57. The second-order valence-corrected chi connectivity index (χ2v) is 16.8. The number of aliphatic hydroxyl groups is 2. The van der Waals surface area contributed by atoms with Crippen LogP contribution in [0.25, 0.3) is 17.1 Å². The maximum Gasteiger partial charge on any atom is 0.349 e. The lowest BCUT2D eigenvalue weighted by molar-refractivity contribution is -0.181. The number of hydrogen-bond acceptors (Lipinski definition) is 11. The molecule has 0 amide bonds. The molecule has 1 aliphatic heterocycles. The number of aromatic nitrogens is 3. The zero-order valence-corrected chi connectivity index (χ0v) is 31.2. The molecule has 1 spiro atoms. The van der Waals surface area contributed by atoms with E-state index in [0.717, 1.165) is 98.8 Å². The smallest absolute Gasteiger partial charge is 0.349 e. The van der Waals surface area contributed by atoms with Gasteiger partial charge in [-0.3, -0.25) is 4.79 Å². The van der Waals surface area contributed by atoms with Gasteiger partial charge in [0, 0.05) is 18.5 Å². The van der Waals surface area contributed by atoms with Gasteiger partial charge in [-0.15, -0.1) is 27.8 Å². The lowest BCUT2D eigenvalue weighted by Crippen LogP contribution is -2.52. The maximum absolute atomic E-state index is 13.4. The van der Waals surface area contributed by atoms with E-state index >= 15 is 0 Å². The first-order valence-corrected chi connectivity index (χ1v) is 20.3. The molecule has 2 fully saturated rings. The van der Waals surface area contributed by atoms with Gasteiger partial charge in [-0.2, -0.15) is 0 Å². The monoisotopic (exact) mass is 752 g/mol. The van der Waals surface area contributed by atoms with Gasteiger partial charge >= 0.3 is 5.97 Å². The molecule has 276 valence electrons. The van der Waals surface area contributed by atoms with Crippen molar-refractivity contribution in [3.8, 4) is 5.75 Å². The van der Waals surface area contributed by atoms with E-state index in [4.69, 9.17) is 4.74 Å². The molecule has 3 aliphatic rings. The molecule has 1 atom stereocenters. The summed E-state index contributed by atoms with van der Waals surface area (Å²) < 4.78 is 7.92. The van der Waals surface area contributed by atoms with E-state index in [-0.39, 0.29) is 29.5 Å². The molecule has 4 heterocycles. The van der Waals surface area contributed by atoms with Crippen LogP contribution in [0.2, 0.25) is 0 Å². The third-order valence-electron chi connectivity index (χ3n) is 11.4. The lowest BCUT2D eigenvalue weighted by atomic mass is 9.61. The number of fused-ring (bicyclic) bond motifs is 2.